The summed E-state index contributed by atoms with van der Waals surface area (Å²) in [5.41, 5.74) is 1.17. The van der Waals surface area contributed by atoms with Crippen LogP contribution in [0.25, 0.3) is 0 Å². The summed E-state index contributed by atoms with van der Waals surface area (Å²) in [7, 11) is 1.86. The van der Waals surface area contributed by atoms with Crippen molar-refractivity contribution in [3.63, 3.8) is 0 Å². The van der Waals surface area contributed by atoms with E-state index in [0.717, 1.165) is 12.8 Å². The Morgan fingerprint density at radius 2 is 1.83 bits per heavy atom. The lowest BCUT2D eigenvalue weighted by molar-refractivity contribution is -0.117. The van der Waals surface area contributed by atoms with Crippen LogP contribution in [0.5, 0.6) is 0 Å². The van der Waals surface area contributed by atoms with Gasteiger partial charge in [-0.2, -0.15) is 0 Å². The number of hydrogen-bond acceptors (Lipinski definition) is 3. The quantitative estimate of drug-likeness (QED) is 0.835. The Bertz CT molecular complexity index is 597. The maximum atomic E-state index is 12.8. The molecule has 1 aliphatic rings. The molecule has 0 heterocycles. The summed E-state index contributed by atoms with van der Waals surface area (Å²) in [4.78, 5) is 25.7. The minimum absolute atomic E-state index is 0.0226. The molecule has 0 aromatic heterocycles. The predicted octanol–water partition coefficient (Wildman–Crippen LogP) is 2.92. The molecule has 0 saturated heterocycles. The molecule has 1 fully saturated rings. The fourth-order valence-corrected chi connectivity index (χ4v) is 3.17. The molecule has 0 atom stereocenters. The van der Waals surface area contributed by atoms with Crippen LogP contribution in [0.3, 0.4) is 0 Å². The number of benzene rings is 1. The van der Waals surface area contributed by atoms with Crippen LogP contribution in [0, 0.1) is 0 Å². The molecule has 0 radical (unpaired) electrons. The third-order valence-electron chi connectivity index (χ3n) is 4.14. The number of nitrogens with zero attached hydrogens (tertiary/aromatic N) is 1. The fourth-order valence-electron chi connectivity index (χ4n) is 2.92. The monoisotopic (exact) mass is 333 g/mol. The van der Waals surface area contributed by atoms with Crippen LogP contribution < -0.4 is 10.6 Å². The fraction of sp³-hybridized carbons (Fsp3) is 0.471. The molecule has 1 aromatic rings. The number of amides is 2. The maximum absolute atomic E-state index is 12.8. The van der Waals surface area contributed by atoms with Gasteiger partial charge in [0.1, 0.15) is 0 Å². The van der Waals surface area contributed by atoms with E-state index in [4.69, 9.17) is 12.2 Å². The van der Waals surface area contributed by atoms with Gasteiger partial charge < -0.3 is 15.5 Å². The number of rotatable bonds is 3. The van der Waals surface area contributed by atoms with E-state index in [9.17, 15) is 9.59 Å². The van der Waals surface area contributed by atoms with Gasteiger partial charge in [0, 0.05) is 20.0 Å². The lowest BCUT2D eigenvalue weighted by Gasteiger charge is -2.31. The van der Waals surface area contributed by atoms with Crippen molar-refractivity contribution in [2.75, 3.05) is 12.4 Å². The normalized spacial score (nSPS) is 14.9. The van der Waals surface area contributed by atoms with Crippen LogP contribution >= 0.6 is 12.2 Å². The van der Waals surface area contributed by atoms with E-state index in [0.29, 0.717) is 17.3 Å². The summed E-state index contributed by atoms with van der Waals surface area (Å²) >= 11 is 5.08. The van der Waals surface area contributed by atoms with Crippen LogP contribution in [-0.2, 0) is 4.79 Å². The number of nitrogens with one attached hydrogen (secondary N) is 2. The Balaban J connectivity index is 2.13. The van der Waals surface area contributed by atoms with Crippen molar-refractivity contribution in [1.82, 2.24) is 10.2 Å². The maximum Gasteiger partial charge on any atom is 0.255 e. The van der Waals surface area contributed by atoms with Crippen LogP contribution in [0.4, 0.5) is 5.69 Å². The molecule has 5 nitrogen and oxygen atoms in total. The van der Waals surface area contributed by atoms with Crippen molar-refractivity contribution in [3.05, 3.63) is 29.8 Å². The summed E-state index contributed by atoms with van der Waals surface area (Å²) in [6, 6.07) is 7.52. The van der Waals surface area contributed by atoms with Crippen molar-refractivity contribution in [3.8, 4) is 0 Å². The molecule has 2 N–H and O–H groups in total. The van der Waals surface area contributed by atoms with E-state index in [2.05, 4.69) is 10.6 Å². The van der Waals surface area contributed by atoms with E-state index in [-0.39, 0.29) is 16.9 Å². The molecule has 23 heavy (non-hydrogen) atoms. The van der Waals surface area contributed by atoms with Gasteiger partial charge in [-0.05, 0) is 37.2 Å². The number of hydrogen-bond donors (Lipinski definition) is 2. The number of carbonyl (C=O) groups excluding carboxylic acids is 2. The summed E-state index contributed by atoms with van der Waals surface area (Å²) in [5, 5.41) is 5.63. The third kappa shape index (κ3) is 4.76. The summed E-state index contributed by atoms with van der Waals surface area (Å²) in [5.74, 6) is -0.267. The number of anilines is 1. The minimum atomic E-state index is -0.245. The van der Waals surface area contributed by atoms with E-state index >= 15 is 0 Å². The Labute approximate surface area is 142 Å². The molecule has 124 valence electrons. The average Bonchev–Trinajstić information content (AvgIpc) is 2.54. The first-order chi connectivity index (χ1) is 11.0. The van der Waals surface area contributed by atoms with Gasteiger partial charge in [0.05, 0.1) is 11.3 Å². The molecule has 1 aliphatic carbocycles. The summed E-state index contributed by atoms with van der Waals surface area (Å²) in [6.45, 7) is 1.39. The first kappa shape index (κ1) is 17.4. The van der Waals surface area contributed by atoms with Gasteiger partial charge in [0.15, 0.2) is 5.11 Å². The average molecular weight is 333 g/mol. The molecule has 0 unspecified atom stereocenters. The second kappa shape index (κ2) is 8.06. The molecule has 6 heteroatoms. The van der Waals surface area contributed by atoms with E-state index < -0.39 is 0 Å². The summed E-state index contributed by atoms with van der Waals surface area (Å²) < 4.78 is 0. The number of carbonyl (C=O) groups is 2. The largest absolute Gasteiger partial charge is 0.339 e. The number of para-hydroxylation sites is 1. The molecular formula is C17H23N3O2S. The molecule has 1 aromatic carbocycles. The lowest BCUT2D eigenvalue weighted by atomic mass is 9.94. The molecule has 2 rings (SSSR count). The van der Waals surface area contributed by atoms with Gasteiger partial charge in [-0.3, -0.25) is 9.59 Å². The lowest BCUT2D eigenvalue weighted by Crippen LogP contribution is -2.39. The van der Waals surface area contributed by atoms with Gasteiger partial charge in [-0.1, -0.05) is 31.4 Å². The number of thiocarbonyl (C=S) groups is 1. The molecule has 0 spiro atoms. The summed E-state index contributed by atoms with van der Waals surface area (Å²) in [6.07, 6.45) is 5.72. The zero-order valence-corrected chi connectivity index (χ0v) is 14.4. The van der Waals surface area contributed by atoms with E-state index in [1.807, 2.05) is 24.1 Å². The van der Waals surface area contributed by atoms with Crippen LogP contribution in [-0.4, -0.2) is 34.9 Å². The van der Waals surface area contributed by atoms with Crippen molar-refractivity contribution in [1.29, 1.82) is 0 Å². The highest BCUT2D eigenvalue weighted by molar-refractivity contribution is 7.80. The highest BCUT2D eigenvalue weighted by atomic mass is 32.1. The molecule has 0 aliphatic heterocycles. The second-order valence-electron chi connectivity index (χ2n) is 5.89. The van der Waals surface area contributed by atoms with Crippen LogP contribution in [0.2, 0.25) is 0 Å². The highest BCUT2D eigenvalue weighted by Gasteiger charge is 2.24. The smallest absolute Gasteiger partial charge is 0.255 e. The highest BCUT2D eigenvalue weighted by Crippen LogP contribution is 2.24. The van der Waals surface area contributed by atoms with Crippen molar-refractivity contribution in [2.24, 2.45) is 0 Å². The third-order valence-corrected chi connectivity index (χ3v) is 4.34. The zero-order valence-electron chi connectivity index (χ0n) is 13.6. The standard InChI is InChI=1S/C17H23N3O2S/c1-12(21)18-17(23)19-15-11-7-6-10-14(15)16(22)20(2)13-8-4-3-5-9-13/h6-7,10-11,13H,3-5,8-9H2,1-2H3,(H2,18,19,21,23). The molecule has 0 bridgehead atoms. The van der Waals surface area contributed by atoms with Crippen molar-refractivity contribution in [2.45, 2.75) is 45.1 Å². The Hall–Kier alpha value is -1.95. The Kier molecular flexibility index (Phi) is 6.10. The zero-order chi connectivity index (χ0) is 16.8. The van der Waals surface area contributed by atoms with E-state index in [1.54, 1.807) is 12.1 Å². The van der Waals surface area contributed by atoms with Gasteiger partial charge in [0.25, 0.3) is 5.91 Å². The molecular weight excluding hydrogens is 310 g/mol. The first-order valence-corrected chi connectivity index (χ1v) is 8.34. The second-order valence-corrected chi connectivity index (χ2v) is 6.30. The Morgan fingerprint density at radius 3 is 2.48 bits per heavy atom. The van der Waals surface area contributed by atoms with Gasteiger partial charge in [-0.15, -0.1) is 0 Å². The Morgan fingerprint density at radius 1 is 1.17 bits per heavy atom. The minimum Gasteiger partial charge on any atom is -0.339 e. The van der Waals surface area contributed by atoms with Crippen LogP contribution in [0.15, 0.2) is 24.3 Å². The molecule has 2 amide bonds. The van der Waals surface area contributed by atoms with Gasteiger partial charge >= 0.3 is 0 Å². The topological polar surface area (TPSA) is 61.4 Å². The van der Waals surface area contributed by atoms with E-state index in [1.165, 1.54) is 26.2 Å². The van der Waals surface area contributed by atoms with Crippen molar-refractivity contribution < 1.29 is 9.59 Å². The van der Waals surface area contributed by atoms with Gasteiger partial charge in [0.2, 0.25) is 5.91 Å². The van der Waals surface area contributed by atoms with Crippen molar-refractivity contribution >= 4 is 34.8 Å². The molecule has 1 saturated carbocycles. The predicted molar refractivity (Wildman–Crippen MR) is 95.4 cm³/mol. The van der Waals surface area contributed by atoms with Gasteiger partial charge in [-0.25, -0.2) is 0 Å². The SMILES string of the molecule is CC(=O)NC(=S)Nc1ccccc1C(=O)N(C)C1CCCCC1. The first-order valence-electron chi connectivity index (χ1n) is 7.94. The van der Waals surface area contributed by atoms with Crippen LogP contribution in [0.1, 0.15) is 49.4 Å².